The molecule has 0 saturated carbocycles. The number of rotatable bonds is 10. The highest BCUT2D eigenvalue weighted by molar-refractivity contribution is 5.98. The van der Waals surface area contributed by atoms with Gasteiger partial charge < -0.3 is 24.3 Å². The van der Waals surface area contributed by atoms with Crippen molar-refractivity contribution in [2.24, 2.45) is 0 Å². The minimum atomic E-state index is -1.18. The van der Waals surface area contributed by atoms with Crippen molar-refractivity contribution in [3.05, 3.63) is 52.1 Å². The third kappa shape index (κ3) is 6.08. The molecule has 10 nitrogen and oxygen atoms in total. The van der Waals surface area contributed by atoms with Crippen molar-refractivity contribution in [3.63, 3.8) is 0 Å². The van der Waals surface area contributed by atoms with Crippen LogP contribution in [-0.4, -0.2) is 43.2 Å². The number of nitrogens with one attached hydrogen (secondary N) is 1. The minimum absolute atomic E-state index is 0.0873. The predicted molar refractivity (Wildman–Crippen MR) is 112 cm³/mol. The monoisotopic (exact) mass is 432 g/mol. The van der Waals surface area contributed by atoms with Gasteiger partial charge in [-0.3, -0.25) is 14.9 Å². The highest BCUT2D eigenvalue weighted by Crippen LogP contribution is 2.30. The van der Waals surface area contributed by atoms with Gasteiger partial charge in [0.15, 0.2) is 17.6 Å². The summed E-state index contributed by atoms with van der Waals surface area (Å²) in [5.41, 5.74) is 0.0439. The summed E-state index contributed by atoms with van der Waals surface area (Å²) in [6.45, 7) is 5.82. The van der Waals surface area contributed by atoms with E-state index in [2.05, 4.69) is 5.32 Å². The standard InChI is InChI=1S/C21H24N2O8/c1-5-29-18-9-7-14(11-19(18)30-6-2)21(25)31-13(3)20(24)22-16-12-15(23(26)27)8-10-17(16)28-4/h7-13H,5-6H2,1-4H3,(H,22,24)/t13-/m0/s1. The third-order valence-corrected chi connectivity index (χ3v) is 4.08. The van der Waals surface area contributed by atoms with Crippen LogP contribution in [0.4, 0.5) is 11.4 Å². The number of nitro benzene ring substituents is 1. The molecule has 0 radical (unpaired) electrons. The van der Waals surface area contributed by atoms with E-state index in [1.165, 1.54) is 38.3 Å². The molecule has 0 aromatic heterocycles. The highest BCUT2D eigenvalue weighted by atomic mass is 16.6. The number of ether oxygens (including phenoxy) is 4. The van der Waals surface area contributed by atoms with Crippen molar-refractivity contribution in [3.8, 4) is 17.2 Å². The number of benzene rings is 2. The van der Waals surface area contributed by atoms with Gasteiger partial charge in [0.05, 0.1) is 36.5 Å². The summed E-state index contributed by atoms with van der Waals surface area (Å²) < 4.78 is 21.3. The molecule has 0 fully saturated rings. The van der Waals surface area contributed by atoms with E-state index in [0.717, 1.165) is 6.07 Å². The Morgan fingerprint density at radius 1 is 1.03 bits per heavy atom. The van der Waals surface area contributed by atoms with Crippen molar-refractivity contribution >= 4 is 23.3 Å². The van der Waals surface area contributed by atoms with E-state index in [0.29, 0.717) is 24.7 Å². The van der Waals surface area contributed by atoms with Crippen LogP contribution in [0, 0.1) is 10.1 Å². The average Bonchev–Trinajstić information content (AvgIpc) is 2.75. The molecule has 0 aliphatic carbocycles. The van der Waals surface area contributed by atoms with Crippen molar-refractivity contribution in [1.82, 2.24) is 0 Å². The van der Waals surface area contributed by atoms with Crippen LogP contribution < -0.4 is 19.5 Å². The van der Waals surface area contributed by atoms with Gasteiger partial charge in [-0.2, -0.15) is 0 Å². The largest absolute Gasteiger partial charge is 0.495 e. The molecular formula is C21H24N2O8. The number of nitro groups is 1. The Bertz CT molecular complexity index is 960. The van der Waals surface area contributed by atoms with Gasteiger partial charge in [-0.1, -0.05) is 0 Å². The highest BCUT2D eigenvalue weighted by Gasteiger charge is 2.22. The topological polar surface area (TPSA) is 126 Å². The number of hydrogen-bond donors (Lipinski definition) is 1. The quantitative estimate of drug-likeness (QED) is 0.343. The summed E-state index contributed by atoms with van der Waals surface area (Å²) in [5, 5.41) is 13.5. The number of carbonyl (C=O) groups is 2. The van der Waals surface area contributed by atoms with E-state index in [1.807, 2.05) is 6.92 Å². The average molecular weight is 432 g/mol. The second kappa shape index (κ2) is 10.8. The Morgan fingerprint density at radius 2 is 1.68 bits per heavy atom. The fraction of sp³-hybridized carbons (Fsp3) is 0.333. The van der Waals surface area contributed by atoms with E-state index < -0.39 is 22.9 Å². The van der Waals surface area contributed by atoms with E-state index in [1.54, 1.807) is 13.0 Å². The summed E-state index contributed by atoms with van der Waals surface area (Å²) in [7, 11) is 1.36. The number of esters is 1. The summed E-state index contributed by atoms with van der Waals surface area (Å²) in [4.78, 5) is 35.4. The first-order valence-electron chi connectivity index (χ1n) is 9.54. The van der Waals surface area contributed by atoms with Gasteiger partial charge >= 0.3 is 5.97 Å². The summed E-state index contributed by atoms with van der Waals surface area (Å²) >= 11 is 0. The van der Waals surface area contributed by atoms with Crippen LogP contribution in [0.1, 0.15) is 31.1 Å². The maximum Gasteiger partial charge on any atom is 0.339 e. The van der Waals surface area contributed by atoms with Crippen LogP contribution in [0.15, 0.2) is 36.4 Å². The number of amides is 1. The van der Waals surface area contributed by atoms with E-state index >= 15 is 0 Å². The van der Waals surface area contributed by atoms with Gasteiger partial charge in [0.1, 0.15) is 5.75 Å². The molecule has 0 aliphatic heterocycles. The Hall–Kier alpha value is -3.82. The first kappa shape index (κ1) is 23.5. The van der Waals surface area contributed by atoms with Gasteiger partial charge in [-0.15, -0.1) is 0 Å². The first-order valence-corrected chi connectivity index (χ1v) is 9.54. The van der Waals surface area contributed by atoms with E-state index in [9.17, 15) is 19.7 Å². The van der Waals surface area contributed by atoms with Crippen molar-refractivity contribution < 1.29 is 33.5 Å². The molecule has 1 amide bonds. The first-order chi connectivity index (χ1) is 14.8. The zero-order chi connectivity index (χ0) is 23.0. The van der Waals surface area contributed by atoms with Gasteiger partial charge in [0.2, 0.25) is 0 Å². The van der Waals surface area contributed by atoms with Crippen molar-refractivity contribution in [1.29, 1.82) is 0 Å². The van der Waals surface area contributed by atoms with E-state index in [-0.39, 0.29) is 22.7 Å². The lowest BCUT2D eigenvalue weighted by molar-refractivity contribution is -0.384. The maximum absolute atomic E-state index is 12.5. The Balaban J connectivity index is 2.12. The van der Waals surface area contributed by atoms with Crippen LogP contribution in [-0.2, 0) is 9.53 Å². The molecule has 2 rings (SSSR count). The number of methoxy groups -OCH3 is 1. The fourth-order valence-electron chi connectivity index (χ4n) is 2.60. The van der Waals surface area contributed by atoms with Crippen LogP contribution in [0.5, 0.6) is 17.2 Å². The second-order valence-electron chi connectivity index (χ2n) is 6.21. The number of anilines is 1. The fourth-order valence-corrected chi connectivity index (χ4v) is 2.60. The maximum atomic E-state index is 12.5. The molecule has 0 saturated heterocycles. The zero-order valence-electron chi connectivity index (χ0n) is 17.7. The molecule has 166 valence electrons. The molecule has 0 heterocycles. The van der Waals surface area contributed by atoms with Crippen molar-refractivity contribution in [2.75, 3.05) is 25.6 Å². The summed E-state index contributed by atoms with van der Waals surface area (Å²) in [6.07, 6.45) is -1.18. The Labute approximate surface area is 179 Å². The van der Waals surface area contributed by atoms with Crippen LogP contribution in [0.25, 0.3) is 0 Å². The summed E-state index contributed by atoms with van der Waals surface area (Å²) in [6, 6.07) is 8.34. The molecule has 10 heteroatoms. The van der Waals surface area contributed by atoms with Gasteiger partial charge in [0, 0.05) is 12.1 Å². The lowest BCUT2D eigenvalue weighted by Gasteiger charge is -2.16. The molecule has 31 heavy (non-hydrogen) atoms. The molecule has 0 bridgehead atoms. The van der Waals surface area contributed by atoms with Crippen molar-refractivity contribution in [2.45, 2.75) is 26.9 Å². The predicted octanol–water partition coefficient (Wildman–Crippen LogP) is 3.58. The smallest absolute Gasteiger partial charge is 0.339 e. The third-order valence-electron chi connectivity index (χ3n) is 4.08. The lowest BCUT2D eigenvalue weighted by atomic mass is 10.2. The molecule has 0 spiro atoms. The van der Waals surface area contributed by atoms with Gasteiger partial charge in [0.25, 0.3) is 11.6 Å². The number of hydrogen-bond acceptors (Lipinski definition) is 8. The Morgan fingerprint density at radius 3 is 2.29 bits per heavy atom. The SMILES string of the molecule is CCOc1ccc(C(=O)O[C@@H](C)C(=O)Nc2cc([N+](=O)[O-])ccc2OC)cc1OCC. The summed E-state index contributed by atoms with van der Waals surface area (Å²) in [5.74, 6) is -0.312. The van der Waals surface area contributed by atoms with Crippen LogP contribution >= 0.6 is 0 Å². The molecule has 1 atom stereocenters. The zero-order valence-corrected chi connectivity index (χ0v) is 17.7. The van der Waals surface area contributed by atoms with Crippen LogP contribution in [0.3, 0.4) is 0 Å². The Kier molecular flexibility index (Phi) is 8.18. The lowest BCUT2D eigenvalue weighted by Crippen LogP contribution is -2.30. The van der Waals surface area contributed by atoms with Gasteiger partial charge in [-0.05, 0) is 45.0 Å². The normalized spacial score (nSPS) is 11.2. The van der Waals surface area contributed by atoms with E-state index in [4.69, 9.17) is 18.9 Å². The second-order valence-corrected chi connectivity index (χ2v) is 6.21. The van der Waals surface area contributed by atoms with Gasteiger partial charge in [-0.25, -0.2) is 4.79 Å². The molecule has 1 N–H and O–H groups in total. The number of nitrogens with zero attached hydrogens (tertiary/aromatic N) is 1. The molecule has 0 aliphatic rings. The minimum Gasteiger partial charge on any atom is -0.495 e. The van der Waals surface area contributed by atoms with Crippen LogP contribution in [0.2, 0.25) is 0 Å². The molecule has 2 aromatic carbocycles. The molecule has 2 aromatic rings. The molecular weight excluding hydrogens is 408 g/mol. The number of non-ortho nitro benzene ring substituents is 1. The molecule has 0 unspecified atom stereocenters. The number of carbonyl (C=O) groups excluding carboxylic acids is 2.